The Morgan fingerprint density at radius 1 is 1.07 bits per heavy atom. The smallest absolute Gasteiger partial charge is 0.452 e. The fourth-order valence-corrected chi connectivity index (χ4v) is 2.34. The van der Waals surface area contributed by atoms with Crippen LogP contribution in [-0.2, 0) is 16.1 Å². The van der Waals surface area contributed by atoms with Crippen LogP contribution in [0.2, 0.25) is 0 Å². The molecule has 0 saturated carbocycles. The van der Waals surface area contributed by atoms with E-state index >= 15 is 0 Å². The van der Waals surface area contributed by atoms with Crippen molar-refractivity contribution in [2.24, 2.45) is 0 Å². The lowest BCUT2D eigenvalue weighted by Crippen LogP contribution is -2.16. The minimum Gasteiger partial charge on any atom is -0.452 e. The van der Waals surface area contributed by atoms with Crippen molar-refractivity contribution in [1.29, 1.82) is 0 Å². The highest BCUT2D eigenvalue weighted by Crippen LogP contribution is 2.25. The number of anilines is 1. The molecule has 1 N–H and O–H groups in total. The highest BCUT2D eigenvalue weighted by Gasteiger charge is 2.31. The zero-order chi connectivity index (χ0) is 21.7. The van der Waals surface area contributed by atoms with E-state index in [1.165, 1.54) is 31.2 Å². The van der Waals surface area contributed by atoms with Crippen molar-refractivity contribution in [3.63, 3.8) is 0 Å². The zero-order valence-corrected chi connectivity index (χ0v) is 15.4. The molecule has 3 rings (SSSR count). The van der Waals surface area contributed by atoms with Gasteiger partial charge in [-0.15, -0.1) is 13.2 Å². The molecule has 1 heterocycles. The number of esters is 1. The van der Waals surface area contributed by atoms with Gasteiger partial charge in [-0.05, 0) is 48.5 Å². The third kappa shape index (κ3) is 5.80. The van der Waals surface area contributed by atoms with Crippen LogP contribution in [0.3, 0.4) is 0 Å². The number of hydrogen-bond acceptors (Lipinski definition) is 7. The molecule has 0 saturated heterocycles. The molecular weight excluding hydrogens is 407 g/mol. The van der Waals surface area contributed by atoms with E-state index in [0.717, 1.165) is 12.1 Å². The minimum atomic E-state index is -4.78. The Bertz CT molecular complexity index is 1030. The zero-order valence-electron chi connectivity index (χ0n) is 15.4. The Morgan fingerprint density at radius 2 is 1.73 bits per heavy atom. The fourth-order valence-electron chi connectivity index (χ4n) is 2.34. The lowest BCUT2D eigenvalue weighted by Gasteiger charge is -2.08. The van der Waals surface area contributed by atoms with Gasteiger partial charge in [0.1, 0.15) is 5.75 Å². The molecule has 0 fully saturated rings. The Balaban J connectivity index is 1.57. The van der Waals surface area contributed by atoms with E-state index in [9.17, 15) is 22.8 Å². The second kappa shape index (κ2) is 8.64. The number of carbonyl (C=O) groups is 2. The van der Waals surface area contributed by atoms with Crippen molar-refractivity contribution in [2.45, 2.75) is 19.9 Å². The molecule has 156 valence electrons. The molecular formula is C19H14F3N3O5. The number of amides is 1. The van der Waals surface area contributed by atoms with Crippen molar-refractivity contribution in [3.8, 4) is 17.1 Å². The number of ether oxygens (including phenoxy) is 2. The number of carbonyl (C=O) groups excluding carboxylic acids is 2. The average Bonchev–Trinajstić information content (AvgIpc) is 3.14. The number of hydrogen-bond donors (Lipinski definition) is 1. The van der Waals surface area contributed by atoms with E-state index in [-0.39, 0.29) is 35.5 Å². The van der Waals surface area contributed by atoms with E-state index in [1.54, 1.807) is 12.1 Å². The number of benzene rings is 2. The van der Waals surface area contributed by atoms with Crippen LogP contribution in [0.5, 0.6) is 5.75 Å². The Kier molecular flexibility index (Phi) is 6.00. The predicted octanol–water partition coefficient (Wildman–Crippen LogP) is 3.95. The van der Waals surface area contributed by atoms with Crippen molar-refractivity contribution in [1.82, 2.24) is 10.1 Å². The summed E-state index contributed by atoms with van der Waals surface area (Å²) >= 11 is 0. The highest BCUT2D eigenvalue weighted by atomic mass is 19.4. The lowest BCUT2D eigenvalue weighted by atomic mass is 10.2. The summed E-state index contributed by atoms with van der Waals surface area (Å²) in [6.07, 6.45) is -4.78. The van der Waals surface area contributed by atoms with Crippen LogP contribution < -0.4 is 10.1 Å². The monoisotopic (exact) mass is 421 g/mol. The van der Waals surface area contributed by atoms with Crippen molar-refractivity contribution >= 4 is 17.6 Å². The molecule has 0 aliphatic heterocycles. The average molecular weight is 421 g/mol. The number of rotatable bonds is 6. The second-order valence-corrected chi connectivity index (χ2v) is 5.92. The van der Waals surface area contributed by atoms with Gasteiger partial charge >= 0.3 is 12.3 Å². The molecule has 0 atom stereocenters. The number of nitrogens with zero attached hydrogens (tertiary/aromatic N) is 2. The van der Waals surface area contributed by atoms with E-state index in [0.29, 0.717) is 11.3 Å². The van der Waals surface area contributed by atoms with Crippen molar-refractivity contribution in [3.05, 3.63) is 60.0 Å². The van der Waals surface area contributed by atoms with Crippen LogP contribution in [0.1, 0.15) is 23.2 Å². The Hall–Kier alpha value is -3.89. The molecule has 2 aromatic carbocycles. The molecule has 1 amide bonds. The number of nitrogens with one attached hydrogen (secondary N) is 1. The molecule has 3 aromatic rings. The van der Waals surface area contributed by atoms with Crippen LogP contribution in [0.15, 0.2) is 53.1 Å². The first-order valence-corrected chi connectivity index (χ1v) is 8.43. The van der Waals surface area contributed by atoms with Gasteiger partial charge in [0.05, 0.1) is 5.56 Å². The summed E-state index contributed by atoms with van der Waals surface area (Å²) in [6, 6.07) is 11.0. The van der Waals surface area contributed by atoms with Gasteiger partial charge in [0.15, 0.2) is 6.61 Å². The van der Waals surface area contributed by atoms with Gasteiger partial charge in [-0.3, -0.25) is 4.79 Å². The van der Waals surface area contributed by atoms with Gasteiger partial charge in [0.2, 0.25) is 11.7 Å². The van der Waals surface area contributed by atoms with E-state index in [1.807, 2.05) is 0 Å². The Morgan fingerprint density at radius 3 is 2.33 bits per heavy atom. The molecule has 11 heteroatoms. The van der Waals surface area contributed by atoms with Crippen LogP contribution in [-0.4, -0.2) is 28.4 Å². The number of halogens is 3. The summed E-state index contributed by atoms with van der Waals surface area (Å²) < 4.78 is 50.4. The summed E-state index contributed by atoms with van der Waals surface area (Å²) in [4.78, 5) is 27.1. The maximum Gasteiger partial charge on any atom is 0.573 e. The molecule has 0 spiro atoms. The van der Waals surface area contributed by atoms with Crippen LogP contribution in [0, 0.1) is 0 Å². The molecule has 1 aromatic heterocycles. The largest absolute Gasteiger partial charge is 0.573 e. The summed E-state index contributed by atoms with van der Waals surface area (Å²) in [7, 11) is 0. The maximum atomic E-state index is 12.2. The highest BCUT2D eigenvalue weighted by molar-refractivity contribution is 5.92. The third-order valence-corrected chi connectivity index (χ3v) is 3.58. The first kappa shape index (κ1) is 20.8. The van der Waals surface area contributed by atoms with Gasteiger partial charge < -0.3 is 19.3 Å². The molecule has 0 unspecified atom stereocenters. The van der Waals surface area contributed by atoms with Gasteiger partial charge in [0, 0.05) is 18.2 Å². The SMILES string of the molecule is CC(=O)Nc1ccc(C(=O)OCc2nc(-c3ccc(OC(F)(F)F)cc3)no2)cc1. The topological polar surface area (TPSA) is 104 Å². The standard InChI is InChI=1S/C19H14F3N3O5/c1-11(26)23-14-6-2-13(3-7-14)18(27)28-10-16-24-17(25-30-16)12-4-8-15(9-5-12)29-19(20,21)22/h2-9H,10H2,1H3,(H,23,26). The molecule has 0 aliphatic carbocycles. The van der Waals surface area contributed by atoms with Crippen molar-refractivity contribution < 1.29 is 36.8 Å². The maximum absolute atomic E-state index is 12.2. The molecule has 8 nitrogen and oxygen atoms in total. The van der Waals surface area contributed by atoms with E-state index < -0.39 is 12.3 Å². The summed E-state index contributed by atoms with van der Waals surface area (Å²) in [6.45, 7) is 1.07. The molecule has 0 radical (unpaired) electrons. The van der Waals surface area contributed by atoms with E-state index in [2.05, 4.69) is 20.2 Å². The van der Waals surface area contributed by atoms with Crippen LogP contribution in [0.4, 0.5) is 18.9 Å². The molecule has 0 bridgehead atoms. The quantitative estimate of drug-likeness (QED) is 0.601. The molecule has 30 heavy (non-hydrogen) atoms. The number of aromatic nitrogens is 2. The minimum absolute atomic E-state index is 0.00355. The first-order chi connectivity index (χ1) is 14.2. The first-order valence-electron chi connectivity index (χ1n) is 8.43. The van der Waals surface area contributed by atoms with Gasteiger partial charge in [-0.2, -0.15) is 4.98 Å². The molecule has 0 aliphatic rings. The number of alkyl halides is 3. The van der Waals surface area contributed by atoms with E-state index in [4.69, 9.17) is 9.26 Å². The second-order valence-electron chi connectivity index (χ2n) is 5.92. The van der Waals surface area contributed by atoms with Crippen LogP contribution >= 0.6 is 0 Å². The predicted molar refractivity (Wildman–Crippen MR) is 96.3 cm³/mol. The van der Waals surface area contributed by atoms with Gasteiger partial charge in [-0.25, -0.2) is 4.79 Å². The van der Waals surface area contributed by atoms with Gasteiger partial charge in [0.25, 0.3) is 5.89 Å². The lowest BCUT2D eigenvalue weighted by molar-refractivity contribution is -0.274. The normalized spacial score (nSPS) is 11.1. The summed E-state index contributed by atoms with van der Waals surface area (Å²) in [5, 5.41) is 6.27. The fraction of sp³-hybridized carbons (Fsp3) is 0.158. The third-order valence-electron chi connectivity index (χ3n) is 3.58. The summed E-state index contributed by atoms with van der Waals surface area (Å²) in [5.41, 5.74) is 1.18. The summed E-state index contributed by atoms with van der Waals surface area (Å²) in [5.74, 6) is -1.14. The van der Waals surface area contributed by atoms with Crippen molar-refractivity contribution in [2.75, 3.05) is 5.32 Å². The Labute approximate surface area is 167 Å². The van der Waals surface area contributed by atoms with Gasteiger partial charge in [-0.1, -0.05) is 5.16 Å². The van der Waals surface area contributed by atoms with Crippen LogP contribution in [0.25, 0.3) is 11.4 Å².